The van der Waals surface area contributed by atoms with E-state index in [0.29, 0.717) is 5.69 Å². The molecule has 1 aliphatic heterocycles. The average molecular weight is 352 g/mol. The van der Waals surface area contributed by atoms with Gasteiger partial charge in [0.1, 0.15) is 16.5 Å². The molecule has 0 aliphatic carbocycles. The molecule has 126 valence electrons. The van der Waals surface area contributed by atoms with Gasteiger partial charge in [-0.1, -0.05) is 12.1 Å². The van der Waals surface area contributed by atoms with Crippen LogP contribution in [0.4, 0.5) is 14.5 Å². The molecular weight excluding hydrogens is 338 g/mol. The van der Waals surface area contributed by atoms with Gasteiger partial charge in [-0.3, -0.25) is 4.79 Å². The first-order chi connectivity index (χ1) is 11.4. The molecule has 1 amide bonds. The molecular formula is C16H14F2N2O3S. The average Bonchev–Trinajstić information content (AvgIpc) is 2.88. The number of carbonyl (C=O) groups excluding carboxylic acids is 1. The number of halogens is 2. The molecule has 1 saturated heterocycles. The summed E-state index contributed by atoms with van der Waals surface area (Å²) in [6.45, 7) is 0.0954. The molecule has 1 N–H and O–H groups in total. The van der Waals surface area contributed by atoms with Crippen molar-refractivity contribution < 1.29 is 22.0 Å². The SMILES string of the molecule is O=C1C[C@@H](NS(=O)(=O)c2ccccc2F)CN1c1ccc(F)cc1. The second-order valence-corrected chi connectivity index (χ2v) is 7.12. The number of amides is 1. The topological polar surface area (TPSA) is 66.5 Å². The molecule has 0 radical (unpaired) electrons. The van der Waals surface area contributed by atoms with E-state index >= 15 is 0 Å². The summed E-state index contributed by atoms with van der Waals surface area (Å²) in [5, 5.41) is 0. The number of rotatable bonds is 4. The van der Waals surface area contributed by atoms with Crippen LogP contribution in [0.25, 0.3) is 0 Å². The molecule has 0 saturated carbocycles. The quantitative estimate of drug-likeness (QED) is 0.916. The molecule has 2 aromatic rings. The Labute approximate surface area is 138 Å². The molecule has 1 heterocycles. The minimum Gasteiger partial charge on any atom is -0.311 e. The number of nitrogens with zero attached hydrogens (tertiary/aromatic N) is 1. The van der Waals surface area contributed by atoms with E-state index in [4.69, 9.17) is 0 Å². The number of hydrogen-bond acceptors (Lipinski definition) is 3. The number of benzene rings is 2. The van der Waals surface area contributed by atoms with Gasteiger partial charge in [-0.15, -0.1) is 0 Å². The van der Waals surface area contributed by atoms with Crippen LogP contribution in [0.1, 0.15) is 6.42 Å². The molecule has 2 aromatic carbocycles. The molecule has 0 spiro atoms. The highest BCUT2D eigenvalue weighted by Gasteiger charge is 2.34. The normalized spacial score (nSPS) is 18.2. The first-order valence-corrected chi connectivity index (χ1v) is 8.68. The maximum absolute atomic E-state index is 13.7. The highest BCUT2D eigenvalue weighted by atomic mass is 32.2. The summed E-state index contributed by atoms with van der Waals surface area (Å²) in [4.78, 5) is 13.0. The smallest absolute Gasteiger partial charge is 0.243 e. The lowest BCUT2D eigenvalue weighted by molar-refractivity contribution is -0.117. The van der Waals surface area contributed by atoms with Crippen molar-refractivity contribution in [1.29, 1.82) is 0 Å². The minimum absolute atomic E-state index is 0.0505. The van der Waals surface area contributed by atoms with E-state index in [1.165, 1.54) is 41.3 Å². The van der Waals surface area contributed by atoms with Crippen molar-refractivity contribution in [2.75, 3.05) is 11.4 Å². The van der Waals surface area contributed by atoms with Gasteiger partial charge < -0.3 is 4.90 Å². The summed E-state index contributed by atoms with van der Waals surface area (Å²) in [5.74, 6) is -1.57. The highest BCUT2D eigenvalue weighted by molar-refractivity contribution is 7.89. The summed E-state index contributed by atoms with van der Waals surface area (Å²) in [6.07, 6.45) is -0.0505. The van der Waals surface area contributed by atoms with Gasteiger partial charge in [0.05, 0.1) is 0 Å². The van der Waals surface area contributed by atoms with Gasteiger partial charge in [-0.25, -0.2) is 21.9 Å². The number of nitrogens with one attached hydrogen (secondary N) is 1. The maximum Gasteiger partial charge on any atom is 0.243 e. The Morgan fingerprint density at radius 2 is 1.71 bits per heavy atom. The van der Waals surface area contributed by atoms with Gasteiger partial charge in [-0.2, -0.15) is 0 Å². The van der Waals surface area contributed by atoms with Gasteiger partial charge >= 0.3 is 0 Å². The molecule has 1 fully saturated rings. The van der Waals surface area contributed by atoms with Crippen LogP contribution >= 0.6 is 0 Å². The van der Waals surface area contributed by atoms with E-state index < -0.39 is 32.6 Å². The van der Waals surface area contributed by atoms with E-state index in [9.17, 15) is 22.0 Å². The van der Waals surface area contributed by atoms with Crippen molar-refractivity contribution in [2.45, 2.75) is 17.4 Å². The summed E-state index contributed by atoms with van der Waals surface area (Å²) in [6, 6.07) is 9.67. The Balaban J connectivity index is 1.77. The van der Waals surface area contributed by atoms with Crippen molar-refractivity contribution in [3.63, 3.8) is 0 Å². The van der Waals surface area contributed by atoms with Crippen molar-refractivity contribution in [1.82, 2.24) is 4.72 Å². The van der Waals surface area contributed by atoms with Crippen LogP contribution in [0.2, 0.25) is 0 Å². The first-order valence-electron chi connectivity index (χ1n) is 7.19. The summed E-state index contributed by atoms with van der Waals surface area (Å²) >= 11 is 0. The van der Waals surface area contributed by atoms with E-state index in [2.05, 4.69) is 4.72 Å². The van der Waals surface area contributed by atoms with Crippen LogP contribution in [-0.2, 0) is 14.8 Å². The van der Waals surface area contributed by atoms with Gasteiger partial charge in [-0.05, 0) is 36.4 Å². The number of sulfonamides is 1. The van der Waals surface area contributed by atoms with E-state index in [-0.39, 0.29) is 18.9 Å². The molecule has 1 atom stereocenters. The highest BCUT2D eigenvalue weighted by Crippen LogP contribution is 2.23. The molecule has 3 rings (SSSR count). The van der Waals surface area contributed by atoms with Crippen molar-refractivity contribution in [3.8, 4) is 0 Å². The summed E-state index contributed by atoms with van der Waals surface area (Å²) < 4.78 is 53.5. The summed E-state index contributed by atoms with van der Waals surface area (Å²) in [5.41, 5.74) is 0.481. The molecule has 8 heteroatoms. The number of anilines is 1. The van der Waals surface area contributed by atoms with Crippen molar-refractivity contribution in [3.05, 3.63) is 60.2 Å². The zero-order chi connectivity index (χ0) is 17.3. The fraction of sp³-hybridized carbons (Fsp3) is 0.188. The lowest BCUT2D eigenvalue weighted by Gasteiger charge is -2.17. The lowest BCUT2D eigenvalue weighted by Crippen LogP contribution is -2.37. The van der Waals surface area contributed by atoms with Gasteiger partial charge in [0.2, 0.25) is 15.9 Å². The predicted octanol–water partition coefficient (Wildman–Crippen LogP) is 2.05. The van der Waals surface area contributed by atoms with E-state index in [1.807, 2.05) is 0 Å². The van der Waals surface area contributed by atoms with Crippen LogP contribution in [0.3, 0.4) is 0 Å². The van der Waals surface area contributed by atoms with Crippen LogP contribution < -0.4 is 9.62 Å². The Hall–Kier alpha value is -2.32. The molecule has 5 nitrogen and oxygen atoms in total. The predicted molar refractivity (Wildman–Crippen MR) is 83.9 cm³/mol. The number of carbonyl (C=O) groups is 1. The molecule has 0 aromatic heterocycles. The summed E-state index contributed by atoms with van der Waals surface area (Å²) in [7, 11) is -4.07. The Bertz CT molecular complexity index is 869. The van der Waals surface area contributed by atoms with Crippen LogP contribution in [0.15, 0.2) is 53.4 Å². The van der Waals surface area contributed by atoms with E-state index in [0.717, 1.165) is 12.1 Å². The Morgan fingerprint density at radius 3 is 2.38 bits per heavy atom. The fourth-order valence-electron chi connectivity index (χ4n) is 2.60. The largest absolute Gasteiger partial charge is 0.311 e. The van der Waals surface area contributed by atoms with Crippen molar-refractivity contribution >= 4 is 21.6 Å². The minimum atomic E-state index is -4.07. The Morgan fingerprint density at radius 1 is 1.04 bits per heavy atom. The first kappa shape index (κ1) is 16.5. The molecule has 1 aliphatic rings. The van der Waals surface area contributed by atoms with Gasteiger partial charge in [0, 0.05) is 24.7 Å². The third-order valence-electron chi connectivity index (χ3n) is 3.71. The van der Waals surface area contributed by atoms with Crippen molar-refractivity contribution in [2.24, 2.45) is 0 Å². The molecule has 24 heavy (non-hydrogen) atoms. The molecule has 0 unspecified atom stereocenters. The zero-order valence-corrected chi connectivity index (χ0v) is 13.3. The zero-order valence-electron chi connectivity index (χ0n) is 12.4. The van der Waals surface area contributed by atoms with E-state index in [1.54, 1.807) is 0 Å². The van der Waals surface area contributed by atoms with Crippen LogP contribution in [0, 0.1) is 11.6 Å². The monoisotopic (exact) mass is 352 g/mol. The Kier molecular flexibility index (Phi) is 4.33. The van der Waals surface area contributed by atoms with Crippen LogP contribution in [0.5, 0.6) is 0 Å². The standard InChI is InChI=1S/C16H14F2N2O3S/c17-11-5-7-13(8-6-11)20-10-12(9-16(20)21)19-24(22,23)15-4-2-1-3-14(15)18/h1-8,12,19H,9-10H2/t12-/m1/s1. The van der Waals surface area contributed by atoms with Gasteiger partial charge in [0.15, 0.2) is 0 Å². The van der Waals surface area contributed by atoms with Gasteiger partial charge in [0.25, 0.3) is 0 Å². The second-order valence-electron chi connectivity index (χ2n) is 5.43. The lowest BCUT2D eigenvalue weighted by atomic mass is 10.3. The second kappa shape index (κ2) is 6.29. The number of hydrogen-bond donors (Lipinski definition) is 1. The maximum atomic E-state index is 13.7. The third-order valence-corrected chi connectivity index (χ3v) is 5.27. The fourth-order valence-corrected chi connectivity index (χ4v) is 3.91. The van der Waals surface area contributed by atoms with Crippen LogP contribution in [-0.4, -0.2) is 26.9 Å². The molecule has 0 bridgehead atoms. The third kappa shape index (κ3) is 3.29.